The number of hydrogen-bond acceptors (Lipinski definition) is 1. The van der Waals surface area contributed by atoms with E-state index in [1.807, 2.05) is 0 Å². The van der Waals surface area contributed by atoms with Crippen LogP contribution >= 0.6 is 0 Å². The van der Waals surface area contributed by atoms with Gasteiger partial charge < -0.3 is 17.7 Å². The standard InChI is InChI=1S/C7H5BF5O.K/c9-7(10)14-6-3-1-5(2-4-6)8(11,12)13;/h1-4,7H;/q-1;+1. The van der Waals surface area contributed by atoms with Gasteiger partial charge in [0.05, 0.1) is 0 Å². The van der Waals surface area contributed by atoms with Gasteiger partial charge in [0.15, 0.2) is 0 Å². The normalized spacial score (nSPS) is 11.1. The quantitative estimate of drug-likeness (QED) is 0.511. The molecule has 0 radical (unpaired) electrons. The smallest absolute Gasteiger partial charge is 0.445 e. The molecule has 15 heavy (non-hydrogen) atoms. The van der Waals surface area contributed by atoms with Gasteiger partial charge in [-0.1, -0.05) is 12.1 Å². The van der Waals surface area contributed by atoms with E-state index < -0.39 is 19.1 Å². The van der Waals surface area contributed by atoms with Crippen molar-refractivity contribution >= 4 is 12.4 Å². The van der Waals surface area contributed by atoms with Gasteiger partial charge in [-0.15, -0.1) is 5.46 Å². The van der Waals surface area contributed by atoms with Gasteiger partial charge in [0.2, 0.25) is 0 Å². The molecule has 0 fully saturated rings. The molecule has 0 aliphatic rings. The summed E-state index contributed by atoms with van der Waals surface area (Å²) in [5, 5.41) is 0. The van der Waals surface area contributed by atoms with Gasteiger partial charge in [0, 0.05) is 0 Å². The minimum Gasteiger partial charge on any atom is -0.445 e. The summed E-state index contributed by atoms with van der Waals surface area (Å²) in [6, 6.07) is 3.13. The second kappa shape index (κ2) is 6.19. The summed E-state index contributed by atoms with van der Waals surface area (Å²) in [6.45, 7) is -8.12. The molecule has 1 nitrogen and oxygen atoms in total. The summed E-state index contributed by atoms with van der Waals surface area (Å²) in [5.74, 6) is -0.288. The zero-order valence-electron chi connectivity index (χ0n) is 7.76. The van der Waals surface area contributed by atoms with Crippen molar-refractivity contribution in [2.24, 2.45) is 0 Å². The predicted molar refractivity (Wildman–Crippen MR) is 41.8 cm³/mol. The van der Waals surface area contributed by atoms with Crippen LogP contribution in [0.25, 0.3) is 0 Å². The number of hydrogen-bond donors (Lipinski definition) is 0. The van der Waals surface area contributed by atoms with Crippen LogP contribution in [0.2, 0.25) is 0 Å². The summed E-state index contributed by atoms with van der Waals surface area (Å²) in [5.41, 5.74) is -0.841. The molecule has 0 amide bonds. The molecule has 0 N–H and O–H groups in total. The molecule has 0 spiro atoms. The van der Waals surface area contributed by atoms with Gasteiger partial charge in [0.25, 0.3) is 0 Å². The van der Waals surface area contributed by atoms with Crippen LogP contribution in [0.1, 0.15) is 0 Å². The Morgan fingerprint density at radius 1 is 1.00 bits per heavy atom. The van der Waals surface area contributed by atoms with Gasteiger partial charge in [0.1, 0.15) is 5.75 Å². The Labute approximate surface area is 125 Å². The molecule has 0 aromatic heterocycles. The second-order valence-corrected chi connectivity index (χ2v) is 2.52. The SMILES string of the molecule is FC(F)Oc1ccc([B-](F)(F)F)cc1.[K+]. The third-order valence-corrected chi connectivity index (χ3v) is 1.48. The maximum absolute atomic E-state index is 12.1. The van der Waals surface area contributed by atoms with Crippen molar-refractivity contribution in [3.8, 4) is 5.75 Å². The Morgan fingerprint density at radius 2 is 1.47 bits per heavy atom. The van der Waals surface area contributed by atoms with Crippen LogP contribution in [0, 0.1) is 0 Å². The Hall–Kier alpha value is 0.371. The third-order valence-electron chi connectivity index (χ3n) is 1.48. The fraction of sp³-hybridized carbons (Fsp3) is 0.143. The fourth-order valence-electron chi connectivity index (χ4n) is 0.867. The van der Waals surface area contributed by atoms with E-state index in [2.05, 4.69) is 4.74 Å². The van der Waals surface area contributed by atoms with Gasteiger partial charge in [-0.05, 0) is 12.1 Å². The van der Waals surface area contributed by atoms with Crippen LogP contribution in [0.5, 0.6) is 5.75 Å². The van der Waals surface area contributed by atoms with Gasteiger partial charge >= 0.3 is 65.0 Å². The van der Waals surface area contributed by atoms with Crippen molar-refractivity contribution in [3.63, 3.8) is 0 Å². The first-order valence-electron chi connectivity index (χ1n) is 3.64. The first-order valence-corrected chi connectivity index (χ1v) is 3.64. The van der Waals surface area contributed by atoms with E-state index in [0.717, 1.165) is 12.1 Å². The molecule has 8 heteroatoms. The maximum atomic E-state index is 12.1. The first-order chi connectivity index (χ1) is 6.39. The first kappa shape index (κ1) is 15.4. The minimum absolute atomic E-state index is 0. The van der Waals surface area contributed by atoms with Crippen LogP contribution in [0.15, 0.2) is 24.3 Å². The van der Waals surface area contributed by atoms with Gasteiger partial charge in [-0.25, -0.2) is 0 Å². The van der Waals surface area contributed by atoms with Gasteiger partial charge in [-0.2, -0.15) is 8.78 Å². The molecule has 1 rings (SSSR count). The summed E-state index contributed by atoms with van der Waals surface area (Å²) in [4.78, 5) is 0. The summed E-state index contributed by atoms with van der Waals surface area (Å²) in [7, 11) is 0. The predicted octanol–water partition coefficient (Wildman–Crippen LogP) is -0.654. The molecule has 0 saturated heterocycles. The summed E-state index contributed by atoms with van der Waals surface area (Å²) >= 11 is 0. The molecular weight excluding hydrogens is 245 g/mol. The maximum Gasteiger partial charge on any atom is 1.00 e. The number of benzene rings is 1. The average molecular weight is 250 g/mol. The molecule has 0 aliphatic heterocycles. The van der Waals surface area contributed by atoms with E-state index in [9.17, 15) is 21.7 Å². The molecule has 1 aromatic rings. The third kappa shape index (κ3) is 5.30. The van der Waals surface area contributed by atoms with Crippen LogP contribution in [-0.2, 0) is 0 Å². The van der Waals surface area contributed by atoms with Crippen molar-refractivity contribution in [1.82, 2.24) is 0 Å². The number of alkyl halides is 2. The fourth-order valence-corrected chi connectivity index (χ4v) is 0.867. The molecule has 0 heterocycles. The molecule has 0 atom stereocenters. The molecule has 1 aromatic carbocycles. The number of halogens is 5. The molecule has 0 aliphatic carbocycles. The van der Waals surface area contributed by atoms with E-state index in [0.29, 0.717) is 12.1 Å². The van der Waals surface area contributed by atoms with E-state index in [-0.39, 0.29) is 57.1 Å². The number of ether oxygens (including phenoxy) is 1. The van der Waals surface area contributed by atoms with Crippen molar-refractivity contribution in [2.45, 2.75) is 6.61 Å². The van der Waals surface area contributed by atoms with Crippen LogP contribution in [-0.4, -0.2) is 13.6 Å². The minimum atomic E-state index is -5.09. The second-order valence-electron chi connectivity index (χ2n) is 2.52. The summed E-state index contributed by atoms with van der Waals surface area (Å²) < 4.78 is 63.3. The van der Waals surface area contributed by atoms with Crippen molar-refractivity contribution in [1.29, 1.82) is 0 Å². The van der Waals surface area contributed by atoms with E-state index >= 15 is 0 Å². The monoisotopic (exact) mass is 250 g/mol. The zero-order valence-corrected chi connectivity index (χ0v) is 10.9. The van der Waals surface area contributed by atoms with Crippen LogP contribution in [0.3, 0.4) is 0 Å². The number of rotatable bonds is 3. The van der Waals surface area contributed by atoms with Crippen molar-refractivity contribution in [2.75, 3.05) is 0 Å². The molecule has 0 saturated carbocycles. The molecular formula is C7H5BF5KO. The van der Waals surface area contributed by atoms with E-state index in [4.69, 9.17) is 0 Å². The average Bonchev–Trinajstić information content (AvgIpc) is 2.02. The largest absolute Gasteiger partial charge is 1.00 e. The Morgan fingerprint density at radius 3 is 1.80 bits per heavy atom. The Bertz CT molecular complexity index is 299. The van der Waals surface area contributed by atoms with Crippen LogP contribution in [0.4, 0.5) is 21.7 Å². The Kier molecular flexibility index (Phi) is 6.34. The van der Waals surface area contributed by atoms with E-state index in [1.54, 1.807) is 0 Å². The van der Waals surface area contributed by atoms with Gasteiger partial charge in [-0.3, -0.25) is 0 Å². The summed E-state index contributed by atoms with van der Waals surface area (Å²) in [6.07, 6.45) is 0. The van der Waals surface area contributed by atoms with E-state index in [1.165, 1.54) is 0 Å². The molecule has 0 unspecified atom stereocenters. The van der Waals surface area contributed by atoms with Crippen molar-refractivity contribution in [3.05, 3.63) is 24.3 Å². The Balaban J connectivity index is 0.00000196. The zero-order chi connectivity index (χ0) is 10.8. The van der Waals surface area contributed by atoms with Crippen molar-refractivity contribution < 1.29 is 77.8 Å². The molecule has 78 valence electrons. The molecule has 0 bridgehead atoms. The topological polar surface area (TPSA) is 9.23 Å². The van der Waals surface area contributed by atoms with Crippen LogP contribution < -0.4 is 61.6 Å².